The van der Waals surface area contributed by atoms with E-state index in [2.05, 4.69) is 43.8 Å². The maximum atomic E-state index is 11.8. The van der Waals surface area contributed by atoms with Crippen LogP contribution >= 0.6 is 34.4 Å². The molecule has 3 rings (SSSR count). The molecule has 170 valence electrons. The van der Waals surface area contributed by atoms with E-state index in [4.69, 9.17) is 9.47 Å². The number of hydrogen-bond donors (Lipinski definition) is 2. The van der Waals surface area contributed by atoms with E-state index in [1.54, 1.807) is 30.3 Å². The zero-order chi connectivity index (χ0) is 23.8. The first-order chi connectivity index (χ1) is 15.9. The van der Waals surface area contributed by atoms with Crippen LogP contribution in [0.2, 0.25) is 0 Å². The average Bonchev–Trinajstić information content (AvgIpc) is 3.25. The molecule has 8 nitrogen and oxygen atoms in total. The molecule has 0 bridgehead atoms. The molecule has 0 fully saturated rings. The number of nitrogens with zero attached hydrogens (tertiary/aromatic N) is 3. The van der Waals surface area contributed by atoms with E-state index in [1.807, 2.05) is 19.1 Å². The Balaban J connectivity index is 1.85. The van der Waals surface area contributed by atoms with Crippen molar-refractivity contribution in [2.45, 2.75) is 31.5 Å². The summed E-state index contributed by atoms with van der Waals surface area (Å²) in [5.41, 5.74) is 1.94. The molecule has 0 saturated heterocycles. The number of nitrogens with one attached hydrogen (secondary N) is 1. The summed E-state index contributed by atoms with van der Waals surface area (Å²) in [6.07, 6.45) is 3.20. The average molecular weight is 576 g/mol. The number of thioether (sulfide) groups is 1. The number of aromatic nitrogens is 3. The molecule has 0 atom stereocenters. The lowest BCUT2D eigenvalue weighted by molar-refractivity contribution is -0.131. The van der Waals surface area contributed by atoms with Gasteiger partial charge in [-0.15, -0.1) is 5.10 Å². The number of aryl methyl sites for hydroxylation is 1. The number of aliphatic carboxylic acids is 1. The lowest BCUT2D eigenvalue weighted by Gasteiger charge is -2.14. The van der Waals surface area contributed by atoms with Crippen molar-refractivity contribution < 1.29 is 19.4 Å². The van der Waals surface area contributed by atoms with Gasteiger partial charge in [0.05, 0.1) is 22.3 Å². The number of benzene rings is 2. The number of aromatic amines is 1. The molecule has 0 unspecified atom stereocenters. The van der Waals surface area contributed by atoms with Crippen LogP contribution in [0.25, 0.3) is 6.08 Å². The molecule has 1 heterocycles. The van der Waals surface area contributed by atoms with Crippen LogP contribution in [0.3, 0.4) is 0 Å². The van der Waals surface area contributed by atoms with Crippen molar-refractivity contribution in [3.63, 3.8) is 0 Å². The summed E-state index contributed by atoms with van der Waals surface area (Å²) in [5.74, 6) is 0.621. The molecule has 0 aliphatic carbocycles. The van der Waals surface area contributed by atoms with Crippen molar-refractivity contribution in [1.82, 2.24) is 15.2 Å². The van der Waals surface area contributed by atoms with Crippen LogP contribution < -0.4 is 9.47 Å². The third-order valence-electron chi connectivity index (χ3n) is 4.47. The number of nitriles is 1. The van der Waals surface area contributed by atoms with Crippen molar-refractivity contribution in [1.29, 1.82) is 5.26 Å². The number of carbonyl (C=O) groups is 1. The van der Waals surface area contributed by atoms with Crippen LogP contribution in [0.4, 0.5) is 0 Å². The fraction of sp³-hybridized carbons (Fsp3) is 0.217. The van der Waals surface area contributed by atoms with Gasteiger partial charge >= 0.3 is 5.97 Å². The fourth-order valence-corrected chi connectivity index (χ4v) is 4.43. The zero-order valence-electron chi connectivity index (χ0n) is 18.0. The van der Waals surface area contributed by atoms with Gasteiger partial charge in [-0.05, 0) is 70.6 Å². The number of ether oxygens (including phenoxy) is 2. The maximum Gasteiger partial charge on any atom is 0.342 e. The molecule has 3 aromatic rings. The normalized spacial score (nSPS) is 11.2. The molecular weight excluding hydrogens is 555 g/mol. The number of halogens is 1. The van der Waals surface area contributed by atoms with Gasteiger partial charge in [0.1, 0.15) is 17.3 Å². The van der Waals surface area contributed by atoms with Gasteiger partial charge in [-0.1, -0.05) is 25.1 Å². The van der Waals surface area contributed by atoms with Crippen LogP contribution in [-0.4, -0.2) is 33.4 Å². The number of carboxylic acid groups (broad SMARTS) is 1. The minimum atomic E-state index is -1.08. The molecule has 0 aliphatic heterocycles. The van der Waals surface area contributed by atoms with Gasteiger partial charge in [-0.3, -0.25) is 5.10 Å². The molecule has 2 aromatic carbocycles. The van der Waals surface area contributed by atoms with E-state index in [1.165, 1.54) is 7.11 Å². The van der Waals surface area contributed by atoms with Gasteiger partial charge < -0.3 is 14.6 Å². The summed E-state index contributed by atoms with van der Waals surface area (Å²) in [6.45, 7) is 2.23. The fourth-order valence-electron chi connectivity index (χ4n) is 2.92. The number of hydrogen-bond acceptors (Lipinski definition) is 7. The van der Waals surface area contributed by atoms with Gasteiger partial charge in [0.15, 0.2) is 11.5 Å². The highest BCUT2D eigenvalue weighted by atomic mass is 127. The highest BCUT2D eigenvalue weighted by Gasteiger charge is 2.16. The summed E-state index contributed by atoms with van der Waals surface area (Å²) >= 11 is 3.09. The highest BCUT2D eigenvalue weighted by molar-refractivity contribution is 14.1. The Hall–Kier alpha value is -3.04. The van der Waals surface area contributed by atoms with Gasteiger partial charge in [-0.25, -0.2) is 9.78 Å². The Morgan fingerprint density at radius 2 is 2.15 bits per heavy atom. The van der Waals surface area contributed by atoms with Gasteiger partial charge in [-0.2, -0.15) is 5.26 Å². The predicted molar refractivity (Wildman–Crippen MR) is 133 cm³/mol. The minimum absolute atomic E-state index is 0.0755. The second kappa shape index (κ2) is 11.7. The van der Waals surface area contributed by atoms with Crippen molar-refractivity contribution >= 4 is 46.4 Å². The number of H-pyrrole nitrogens is 1. The SMILES string of the molecule is CCCc1nc(S/C(=C\c2cc(I)c(OCc3ccccc3C#N)c(OC)c2)C(=O)O)n[nH]1. The second-order valence-electron chi connectivity index (χ2n) is 6.82. The van der Waals surface area contributed by atoms with E-state index < -0.39 is 5.97 Å². The van der Waals surface area contributed by atoms with E-state index in [9.17, 15) is 15.2 Å². The Labute approximate surface area is 209 Å². The number of carboxylic acids is 1. The van der Waals surface area contributed by atoms with E-state index in [-0.39, 0.29) is 11.5 Å². The first kappa shape index (κ1) is 24.6. The van der Waals surface area contributed by atoms with Gasteiger partial charge in [0.25, 0.3) is 0 Å². The largest absolute Gasteiger partial charge is 0.493 e. The van der Waals surface area contributed by atoms with Gasteiger partial charge in [0.2, 0.25) is 5.16 Å². The van der Waals surface area contributed by atoms with Crippen LogP contribution in [0.5, 0.6) is 11.5 Å². The van der Waals surface area contributed by atoms with E-state index >= 15 is 0 Å². The smallest absolute Gasteiger partial charge is 0.342 e. The summed E-state index contributed by atoms with van der Waals surface area (Å²) in [4.78, 5) is 16.2. The Bertz CT molecular complexity index is 1220. The Morgan fingerprint density at radius 1 is 1.36 bits per heavy atom. The van der Waals surface area contributed by atoms with Crippen LogP contribution in [0.15, 0.2) is 46.5 Å². The molecule has 1 aromatic heterocycles. The minimum Gasteiger partial charge on any atom is -0.493 e. The zero-order valence-corrected chi connectivity index (χ0v) is 20.9. The van der Waals surface area contributed by atoms with E-state index in [0.29, 0.717) is 27.8 Å². The summed E-state index contributed by atoms with van der Waals surface area (Å²) < 4.78 is 12.2. The summed E-state index contributed by atoms with van der Waals surface area (Å²) in [6, 6.07) is 12.9. The van der Waals surface area contributed by atoms with Crippen LogP contribution in [-0.2, 0) is 17.8 Å². The molecule has 0 saturated carbocycles. The second-order valence-corrected chi connectivity index (χ2v) is 8.99. The standard InChI is InChI=1S/C23H21IN4O4S/c1-3-6-20-26-23(28-27-20)33-19(22(29)30)11-14-9-17(24)21(18(10-14)31-2)32-13-16-8-5-4-7-15(16)12-25/h4-5,7-11H,3,6,13H2,1-2H3,(H,29,30)(H,26,27,28)/b19-11-. The lowest BCUT2D eigenvalue weighted by Crippen LogP contribution is -2.02. The van der Waals surface area contributed by atoms with Crippen molar-refractivity contribution in [3.8, 4) is 17.6 Å². The molecule has 0 spiro atoms. The molecule has 10 heteroatoms. The van der Waals surface area contributed by atoms with Gasteiger partial charge in [0, 0.05) is 12.0 Å². The third kappa shape index (κ3) is 6.49. The monoisotopic (exact) mass is 576 g/mol. The summed E-state index contributed by atoms with van der Waals surface area (Å²) in [7, 11) is 1.52. The quantitative estimate of drug-likeness (QED) is 0.196. The van der Waals surface area contributed by atoms with E-state index in [0.717, 1.165) is 39.6 Å². The summed E-state index contributed by atoms with van der Waals surface area (Å²) in [5, 5.41) is 26.2. The van der Waals surface area contributed by atoms with Crippen LogP contribution in [0.1, 0.15) is 35.9 Å². The number of rotatable bonds is 10. The Kier molecular flexibility index (Phi) is 8.73. The molecule has 2 N–H and O–H groups in total. The van der Waals surface area contributed by atoms with Crippen molar-refractivity contribution in [2.75, 3.05) is 7.11 Å². The highest BCUT2D eigenvalue weighted by Crippen LogP contribution is 2.36. The number of methoxy groups -OCH3 is 1. The molecule has 0 radical (unpaired) electrons. The topological polar surface area (TPSA) is 121 Å². The molecule has 0 aliphatic rings. The van der Waals surface area contributed by atoms with Crippen molar-refractivity contribution in [3.05, 3.63) is 67.4 Å². The Morgan fingerprint density at radius 3 is 2.85 bits per heavy atom. The van der Waals surface area contributed by atoms with Crippen molar-refractivity contribution in [2.24, 2.45) is 0 Å². The lowest BCUT2D eigenvalue weighted by atomic mass is 10.1. The predicted octanol–water partition coefficient (Wildman–Crippen LogP) is 5.04. The third-order valence-corrected chi connectivity index (χ3v) is 6.15. The molecule has 0 amide bonds. The first-order valence-electron chi connectivity index (χ1n) is 9.97. The maximum absolute atomic E-state index is 11.8. The molecular formula is C23H21IN4O4S. The first-order valence-corrected chi connectivity index (χ1v) is 11.9. The van der Waals surface area contributed by atoms with Crippen LogP contribution in [0, 0.1) is 14.9 Å². The molecule has 33 heavy (non-hydrogen) atoms.